The van der Waals surface area contributed by atoms with Gasteiger partial charge in [0.1, 0.15) is 0 Å². The zero-order chi connectivity index (χ0) is 16.4. The van der Waals surface area contributed by atoms with Crippen LogP contribution in [-0.4, -0.2) is 51.8 Å². The number of carbonyl (C=O) groups excluding carboxylic acids is 1. The minimum Gasteiger partial charge on any atom is -0.493 e. The van der Waals surface area contributed by atoms with Crippen molar-refractivity contribution in [2.75, 3.05) is 41.0 Å². The Bertz CT molecular complexity index is 499. The van der Waals surface area contributed by atoms with Crippen LogP contribution in [0.25, 0.3) is 6.08 Å². The van der Waals surface area contributed by atoms with Crippen LogP contribution < -0.4 is 9.47 Å². The van der Waals surface area contributed by atoms with Crippen molar-refractivity contribution < 1.29 is 19.0 Å². The monoisotopic (exact) mass is 307 g/mol. The second-order valence-electron chi connectivity index (χ2n) is 4.86. The molecule has 1 aromatic rings. The zero-order valence-corrected chi connectivity index (χ0v) is 13.8. The van der Waals surface area contributed by atoms with Crippen molar-refractivity contribution in [3.63, 3.8) is 0 Å². The van der Waals surface area contributed by atoms with Gasteiger partial charge in [-0.1, -0.05) is 18.2 Å². The molecule has 1 aromatic carbocycles. The lowest BCUT2D eigenvalue weighted by atomic mass is 10.2. The molecule has 0 atom stereocenters. The van der Waals surface area contributed by atoms with Gasteiger partial charge in [-0.2, -0.15) is 0 Å². The van der Waals surface area contributed by atoms with Gasteiger partial charge in [0.15, 0.2) is 18.1 Å². The van der Waals surface area contributed by atoms with Crippen LogP contribution in [0.4, 0.5) is 0 Å². The second-order valence-corrected chi connectivity index (χ2v) is 4.86. The van der Waals surface area contributed by atoms with Gasteiger partial charge in [-0.15, -0.1) is 0 Å². The molecule has 0 radical (unpaired) electrons. The maximum Gasteiger partial charge on any atom is 0.260 e. The summed E-state index contributed by atoms with van der Waals surface area (Å²) in [6, 6.07) is 5.61. The predicted molar refractivity (Wildman–Crippen MR) is 87.3 cm³/mol. The SMILES string of the molecule is C/C=C/c1ccc(OCC(=O)N(C)CCCOC)c(OC)c1. The first-order valence-corrected chi connectivity index (χ1v) is 7.28. The molecule has 0 fully saturated rings. The molecule has 0 saturated carbocycles. The summed E-state index contributed by atoms with van der Waals surface area (Å²) in [6.45, 7) is 3.23. The molecule has 122 valence electrons. The van der Waals surface area contributed by atoms with Crippen LogP contribution in [0.1, 0.15) is 18.9 Å². The lowest BCUT2D eigenvalue weighted by Crippen LogP contribution is -2.32. The van der Waals surface area contributed by atoms with E-state index in [-0.39, 0.29) is 12.5 Å². The third-order valence-corrected chi connectivity index (χ3v) is 3.17. The molecule has 0 unspecified atom stereocenters. The van der Waals surface area contributed by atoms with E-state index in [1.807, 2.05) is 37.3 Å². The van der Waals surface area contributed by atoms with Crippen molar-refractivity contribution >= 4 is 12.0 Å². The zero-order valence-electron chi connectivity index (χ0n) is 13.8. The molecule has 0 aliphatic carbocycles. The summed E-state index contributed by atoms with van der Waals surface area (Å²) in [5.41, 5.74) is 1.02. The lowest BCUT2D eigenvalue weighted by Gasteiger charge is -2.18. The van der Waals surface area contributed by atoms with E-state index < -0.39 is 0 Å². The molecule has 22 heavy (non-hydrogen) atoms. The lowest BCUT2D eigenvalue weighted by molar-refractivity contribution is -0.132. The molecule has 5 nitrogen and oxygen atoms in total. The van der Waals surface area contributed by atoms with Crippen LogP contribution in [0, 0.1) is 0 Å². The Morgan fingerprint density at radius 3 is 2.68 bits per heavy atom. The summed E-state index contributed by atoms with van der Waals surface area (Å²) >= 11 is 0. The maximum absolute atomic E-state index is 12.0. The topological polar surface area (TPSA) is 48.0 Å². The Hall–Kier alpha value is -2.01. The van der Waals surface area contributed by atoms with Crippen molar-refractivity contribution in [1.29, 1.82) is 0 Å². The highest BCUT2D eigenvalue weighted by atomic mass is 16.5. The Morgan fingerprint density at radius 2 is 2.05 bits per heavy atom. The van der Waals surface area contributed by atoms with Crippen LogP contribution in [0.15, 0.2) is 24.3 Å². The van der Waals surface area contributed by atoms with Gasteiger partial charge in [0.05, 0.1) is 7.11 Å². The minimum atomic E-state index is -0.0734. The van der Waals surface area contributed by atoms with Crippen molar-refractivity contribution in [2.45, 2.75) is 13.3 Å². The fourth-order valence-corrected chi connectivity index (χ4v) is 1.92. The van der Waals surface area contributed by atoms with E-state index in [2.05, 4.69) is 0 Å². The van der Waals surface area contributed by atoms with Crippen molar-refractivity contribution in [2.24, 2.45) is 0 Å². The van der Waals surface area contributed by atoms with E-state index in [1.54, 1.807) is 26.2 Å². The molecule has 0 bridgehead atoms. The smallest absolute Gasteiger partial charge is 0.260 e. The molecule has 0 aliphatic rings. The van der Waals surface area contributed by atoms with E-state index in [1.165, 1.54) is 0 Å². The Labute approximate surface area is 132 Å². The molecular formula is C17H25NO4. The molecule has 0 heterocycles. The molecule has 0 aromatic heterocycles. The van der Waals surface area contributed by atoms with Crippen LogP contribution in [-0.2, 0) is 9.53 Å². The third-order valence-electron chi connectivity index (χ3n) is 3.17. The summed E-state index contributed by atoms with van der Waals surface area (Å²) < 4.78 is 15.9. The molecule has 1 amide bonds. The van der Waals surface area contributed by atoms with Gasteiger partial charge >= 0.3 is 0 Å². The maximum atomic E-state index is 12.0. The number of benzene rings is 1. The van der Waals surface area contributed by atoms with Gasteiger partial charge in [0, 0.05) is 27.3 Å². The van der Waals surface area contributed by atoms with Gasteiger partial charge in [-0.3, -0.25) is 4.79 Å². The number of carbonyl (C=O) groups is 1. The second kappa shape index (κ2) is 9.84. The summed E-state index contributed by atoms with van der Waals surface area (Å²) in [5, 5.41) is 0. The van der Waals surface area contributed by atoms with Crippen LogP contribution >= 0.6 is 0 Å². The third kappa shape index (κ3) is 5.77. The van der Waals surface area contributed by atoms with E-state index >= 15 is 0 Å². The average molecular weight is 307 g/mol. The molecular weight excluding hydrogens is 282 g/mol. The highest BCUT2D eigenvalue weighted by Crippen LogP contribution is 2.28. The van der Waals surface area contributed by atoms with Crippen molar-refractivity contribution in [3.8, 4) is 11.5 Å². The molecule has 0 N–H and O–H groups in total. The first-order valence-electron chi connectivity index (χ1n) is 7.28. The molecule has 0 spiro atoms. The number of methoxy groups -OCH3 is 2. The number of rotatable bonds is 9. The van der Waals surface area contributed by atoms with Gasteiger partial charge in [0.2, 0.25) is 0 Å². The largest absolute Gasteiger partial charge is 0.493 e. The van der Waals surface area contributed by atoms with Gasteiger partial charge in [0.25, 0.3) is 5.91 Å². The van der Waals surface area contributed by atoms with Crippen LogP contribution in [0.3, 0.4) is 0 Å². The van der Waals surface area contributed by atoms with E-state index in [4.69, 9.17) is 14.2 Å². The summed E-state index contributed by atoms with van der Waals surface area (Å²) in [5.74, 6) is 1.11. The summed E-state index contributed by atoms with van der Waals surface area (Å²) in [6.07, 6.45) is 4.73. The van der Waals surface area contributed by atoms with Crippen LogP contribution in [0.2, 0.25) is 0 Å². The molecule has 0 saturated heterocycles. The van der Waals surface area contributed by atoms with Crippen molar-refractivity contribution in [3.05, 3.63) is 29.8 Å². The van der Waals surface area contributed by atoms with E-state index in [9.17, 15) is 4.79 Å². The first-order chi connectivity index (χ1) is 10.6. The summed E-state index contributed by atoms with van der Waals surface area (Å²) in [7, 11) is 4.99. The summed E-state index contributed by atoms with van der Waals surface area (Å²) in [4.78, 5) is 13.6. The quantitative estimate of drug-likeness (QED) is 0.658. The van der Waals surface area contributed by atoms with Gasteiger partial charge in [-0.25, -0.2) is 0 Å². The molecule has 0 aliphatic heterocycles. The number of allylic oxidation sites excluding steroid dienone is 1. The van der Waals surface area contributed by atoms with E-state index in [0.29, 0.717) is 24.7 Å². The number of likely N-dealkylation sites (N-methyl/N-ethyl adjacent to an activating group) is 1. The normalized spacial score (nSPS) is 10.7. The highest BCUT2D eigenvalue weighted by Gasteiger charge is 2.11. The Morgan fingerprint density at radius 1 is 1.27 bits per heavy atom. The standard InChI is InChI=1S/C17H25NO4/c1-5-7-14-8-9-15(16(12-14)21-4)22-13-17(19)18(2)10-6-11-20-3/h5,7-9,12H,6,10-11,13H2,1-4H3/b7-5+. The number of hydrogen-bond acceptors (Lipinski definition) is 4. The molecule has 1 rings (SSSR count). The number of amides is 1. The van der Waals surface area contributed by atoms with Gasteiger partial charge in [-0.05, 0) is 31.0 Å². The highest BCUT2D eigenvalue weighted by molar-refractivity contribution is 5.77. The molecule has 5 heteroatoms. The first kappa shape index (κ1) is 18.0. The number of nitrogens with zero attached hydrogens (tertiary/aromatic N) is 1. The minimum absolute atomic E-state index is 0.0111. The Kier molecular flexibility index (Phi) is 8.07. The average Bonchev–Trinajstić information content (AvgIpc) is 2.53. The fourth-order valence-electron chi connectivity index (χ4n) is 1.92. The number of ether oxygens (including phenoxy) is 3. The van der Waals surface area contributed by atoms with Crippen LogP contribution in [0.5, 0.6) is 11.5 Å². The number of hydrogen-bond donors (Lipinski definition) is 0. The van der Waals surface area contributed by atoms with E-state index in [0.717, 1.165) is 12.0 Å². The Balaban J connectivity index is 2.58. The van der Waals surface area contributed by atoms with Gasteiger partial charge < -0.3 is 19.1 Å². The predicted octanol–water partition coefficient (Wildman–Crippen LogP) is 2.60. The fraction of sp³-hybridized carbons (Fsp3) is 0.471. The van der Waals surface area contributed by atoms with Crippen molar-refractivity contribution in [1.82, 2.24) is 4.90 Å².